The summed E-state index contributed by atoms with van der Waals surface area (Å²) in [5, 5.41) is 11.8. The van der Waals surface area contributed by atoms with Crippen molar-refractivity contribution in [3.8, 4) is 6.07 Å². The van der Waals surface area contributed by atoms with Gasteiger partial charge in [0.15, 0.2) is 0 Å². The lowest BCUT2D eigenvalue weighted by molar-refractivity contribution is -0.143. The Morgan fingerprint density at radius 3 is 2.60 bits per heavy atom. The monoisotopic (exact) mass is 336 g/mol. The molecule has 1 unspecified atom stereocenters. The van der Waals surface area contributed by atoms with Crippen molar-refractivity contribution in [1.82, 2.24) is 5.32 Å². The van der Waals surface area contributed by atoms with Crippen LogP contribution in [0.2, 0.25) is 0 Å². The third-order valence-electron chi connectivity index (χ3n) is 3.75. The normalized spacial score (nSPS) is 11.2. The summed E-state index contributed by atoms with van der Waals surface area (Å²) in [5.41, 5.74) is 1.81. The second-order valence-electron chi connectivity index (χ2n) is 5.52. The van der Waals surface area contributed by atoms with E-state index in [0.717, 1.165) is 5.56 Å². The number of esters is 1. The van der Waals surface area contributed by atoms with E-state index in [0.29, 0.717) is 24.3 Å². The van der Waals surface area contributed by atoms with Crippen molar-refractivity contribution >= 4 is 11.9 Å². The van der Waals surface area contributed by atoms with Gasteiger partial charge in [-0.3, -0.25) is 9.59 Å². The number of amides is 1. The van der Waals surface area contributed by atoms with E-state index in [1.165, 1.54) is 6.07 Å². The summed E-state index contributed by atoms with van der Waals surface area (Å²) in [7, 11) is 0. The SMILES string of the molecule is CCOC(=O)CC(CNC(=O)c1cccc(C#N)c1)c1ccccc1. The van der Waals surface area contributed by atoms with Crippen LogP contribution in [0.5, 0.6) is 0 Å². The fourth-order valence-electron chi connectivity index (χ4n) is 2.50. The van der Waals surface area contributed by atoms with Gasteiger partial charge in [-0.2, -0.15) is 5.26 Å². The molecular weight excluding hydrogens is 316 g/mol. The Morgan fingerprint density at radius 2 is 1.92 bits per heavy atom. The molecule has 0 aliphatic carbocycles. The molecule has 0 bridgehead atoms. The van der Waals surface area contributed by atoms with E-state index in [4.69, 9.17) is 10.00 Å². The van der Waals surface area contributed by atoms with Crippen molar-refractivity contribution in [3.05, 3.63) is 71.3 Å². The van der Waals surface area contributed by atoms with Crippen LogP contribution in [-0.2, 0) is 9.53 Å². The summed E-state index contributed by atoms with van der Waals surface area (Å²) in [4.78, 5) is 24.2. The Bertz CT molecular complexity index is 766. The Labute approximate surface area is 147 Å². The van der Waals surface area contributed by atoms with Crippen LogP contribution in [0.25, 0.3) is 0 Å². The lowest BCUT2D eigenvalue weighted by Gasteiger charge is -2.17. The highest BCUT2D eigenvalue weighted by Crippen LogP contribution is 2.19. The highest BCUT2D eigenvalue weighted by molar-refractivity contribution is 5.94. The summed E-state index contributed by atoms with van der Waals surface area (Å²) in [6.07, 6.45) is 0.191. The van der Waals surface area contributed by atoms with Crippen LogP contribution >= 0.6 is 0 Å². The molecule has 0 saturated heterocycles. The topological polar surface area (TPSA) is 79.2 Å². The first-order chi connectivity index (χ1) is 12.1. The van der Waals surface area contributed by atoms with E-state index in [2.05, 4.69) is 5.32 Å². The number of benzene rings is 2. The second-order valence-corrected chi connectivity index (χ2v) is 5.52. The summed E-state index contributed by atoms with van der Waals surface area (Å²) in [5.74, 6) is -0.748. The molecule has 0 aliphatic heterocycles. The van der Waals surface area contributed by atoms with Crippen LogP contribution in [0, 0.1) is 11.3 Å². The average Bonchev–Trinajstić information content (AvgIpc) is 2.65. The Hall–Kier alpha value is -3.13. The third kappa shape index (κ3) is 5.47. The van der Waals surface area contributed by atoms with Crippen LogP contribution in [0.4, 0.5) is 0 Å². The van der Waals surface area contributed by atoms with Crippen molar-refractivity contribution < 1.29 is 14.3 Å². The van der Waals surface area contributed by atoms with Crippen LogP contribution in [-0.4, -0.2) is 25.0 Å². The molecule has 25 heavy (non-hydrogen) atoms. The van der Waals surface area contributed by atoms with Gasteiger partial charge in [0.25, 0.3) is 5.91 Å². The summed E-state index contributed by atoms with van der Waals surface area (Å²) < 4.78 is 5.03. The number of nitrogens with one attached hydrogen (secondary N) is 1. The van der Waals surface area contributed by atoms with Crippen molar-refractivity contribution in [3.63, 3.8) is 0 Å². The molecule has 5 heteroatoms. The summed E-state index contributed by atoms with van der Waals surface area (Å²) >= 11 is 0. The van der Waals surface area contributed by atoms with Crippen molar-refractivity contribution in [2.75, 3.05) is 13.2 Å². The number of nitriles is 1. The zero-order chi connectivity index (χ0) is 18.1. The maximum atomic E-state index is 12.3. The largest absolute Gasteiger partial charge is 0.466 e. The number of carbonyl (C=O) groups is 2. The van der Waals surface area contributed by atoms with Crippen LogP contribution in [0.3, 0.4) is 0 Å². The number of hydrogen-bond donors (Lipinski definition) is 1. The van der Waals surface area contributed by atoms with E-state index < -0.39 is 0 Å². The van der Waals surface area contributed by atoms with E-state index in [1.807, 2.05) is 36.4 Å². The maximum absolute atomic E-state index is 12.3. The molecule has 5 nitrogen and oxygen atoms in total. The maximum Gasteiger partial charge on any atom is 0.306 e. The molecule has 2 aromatic carbocycles. The molecule has 0 saturated carbocycles. The minimum absolute atomic E-state index is 0.177. The molecule has 2 aromatic rings. The molecule has 0 fully saturated rings. The fraction of sp³-hybridized carbons (Fsp3) is 0.250. The third-order valence-corrected chi connectivity index (χ3v) is 3.75. The quantitative estimate of drug-likeness (QED) is 0.788. The standard InChI is InChI=1S/C20H20N2O3/c1-2-25-19(23)12-18(16-8-4-3-5-9-16)14-22-20(24)17-10-6-7-15(11-17)13-21/h3-11,18H,2,12,14H2,1H3,(H,22,24). The predicted molar refractivity (Wildman–Crippen MR) is 93.9 cm³/mol. The lowest BCUT2D eigenvalue weighted by Crippen LogP contribution is -2.29. The minimum Gasteiger partial charge on any atom is -0.466 e. The van der Waals surface area contributed by atoms with E-state index in [-0.39, 0.29) is 24.2 Å². The molecule has 0 heterocycles. The molecular formula is C20H20N2O3. The summed E-state index contributed by atoms with van der Waals surface area (Å²) in [6.45, 7) is 2.39. The number of nitrogens with zero attached hydrogens (tertiary/aromatic N) is 1. The van der Waals surface area contributed by atoms with Crippen molar-refractivity contribution in [2.45, 2.75) is 19.3 Å². The van der Waals surface area contributed by atoms with Gasteiger partial charge in [-0.15, -0.1) is 0 Å². The van der Waals surface area contributed by atoms with Crippen LogP contribution < -0.4 is 5.32 Å². The first-order valence-corrected chi connectivity index (χ1v) is 8.13. The van der Waals surface area contributed by atoms with Gasteiger partial charge < -0.3 is 10.1 Å². The highest BCUT2D eigenvalue weighted by Gasteiger charge is 2.18. The van der Waals surface area contributed by atoms with Crippen molar-refractivity contribution in [2.24, 2.45) is 0 Å². The van der Waals surface area contributed by atoms with Gasteiger partial charge in [-0.05, 0) is 30.7 Å². The summed E-state index contributed by atoms with van der Waals surface area (Å²) in [6, 6.07) is 18.0. The molecule has 0 spiro atoms. The lowest BCUT2D eigenvalue weighted by atomic mass is 9.95. The van der Waals surface area contributed by atoms with Crippen molar-refractivity contribution in [1.29, 1.82) is 5.26 Å². The number of carbonyl (C=O) groups excluding carboxylic acids is 2. The smallest absolute Gasteiger partial charge is 0.306 e. The van der Waals surface area contributed by atoms with Gasteiger partial charge in [0.2, 0.25) is 0 Å². The molecule has 0 radical (unpaired) electrons. The van der Waals surface area contributed by atoms with Gasteiger partial charge in [0, 0.05) is 18.0 Å². The Morgan fingerprint density at radius 1 is 1.16 bits per heavy atom. The predicted octanol–water partition coefficient (Wildman–Crippen LogP) is 3.03. The van der Waals surface area contributed by atoms with E-state index in [9.17, 15) is 9.59 Å². The average molecular weight is 336 g/mol. The minimum atomic E-state index is -0.294. The Kier molecular flexibility index (Phi) is 6.73. The zero-order valence-corrected chi connectivity index (χ0v) is 14.1. The molecule has 128 valence electrons. The van der Waals surface area contributed by atoms with Crippen LogP contribution in [0.1, 0.15) is 40.7 Å². The molecule has 1 N–H and O–H groups in total. The van der Waals surface area contributed by atoms with E-state index >= 15 is 0 Å². The van der Waals surface area contributed by atoms with Gasteiger partial charge in [-0.25, -0.2) is 0 Å². The zero-order valence-electron chi connectivity index (χ0n) is 14.1. The first kappa shape index (κ1) is 18.2. The number of rotatable bonds is 7. The van der Waals surface area contributed by atoms with Gasteiger partial charge >= 0.3 is 5.97 Å². The molecule has 1 atom stereocenters. The highest BCUT2D eigenvalue weighted by atomic mass is 16.5. The number of hydrogen-bond acceptors (Lipinski definition) is 4. The number of ether oxygens (including phenoxy) is 1. The molecule has 2 rings (SSSR count). The van der Waals surface area contributed by atoms with E-state index in [1.54, 1.807) is 25.1 Å². The molecule has 0 aliphatic rings. The Balaban J connectivity index is 2.07. The molecule has 0 aromatic heterocycles. The molecule has 1 amide bonds. The van der Waals surface area contributed by atoms with Gasteiger partial charge in [0.05, 0.1) is 24.7 Å². The van der Waals surface area contributed by atoms with Gasteiger partial charge in [-0.1, -0.05) is 36.4 Å². The van der Waals surface area contributed by atoms with Gasteiger partial charge in [0.1, 0.15) is 0 Å². The van der Waals surface area contributed by atoms with Crippen LogP contribution in [0.15, 0.2) is 54.6 Å². The first-order valence-electron chi connectivity index (χ1n) is 8.13. The second kappa shape index (κ2) is 9.24. The fourth-order valence-corrected chi connectivity index (χ4v) is 2.50.